The van der Waals surface area contributed by atoms with Gasteiger partial charge in [0.1, 0.15) is 0 Å². The molecule has 1 heterocycles. The van der Waals surface area contributed by atoms with E-state index in [-0.39, 0.29) is 12.5 Å². The van der Waals surface area contributed by atoms with E-state index in [0.29, 0.717) is 11.3 Å². The number of anilines is 1. The number of nitrogens with one attached hydrogen (secondary N) is 1. The first-order valence-electron chi connectivity index (χ1n) is 7.99. The van der Waals surface area contributed by atoms with Crippen molar-refractivity contribution in [3.63, 3.8) is 0 Å². The van der Waals surface area contributed by atoms with Gasteiger partial charge in [0.15, 0.2) is 6.61 Å². The number of carbonyl (C=O) groups excluding carboxylic acids is 2. The zero-order valence-electron chi connectivity index (χ0n) is 14.1. The Hall–Kier alpha value is -2.86. The van der Waals surface area contributed by atoms with Crippen molar-refractivity contribution < 1.29 is 14.3 Å². The average Bonchev–Trinajstić information content (AvgIpc) is 3.17. The van der Waals surface area contributed by atoms with Crippen molar-refractivity contribution >= 4 is 33.5 Å². The number of aryl methyl sites for hydroxylation is 1. The van der Waals surface area contributed by atoms with Crippen LogP contribution in [0.25, 0.3) is 5.69 Å². The number of nitrogens with zero attached hydrogens (tertiary/aromatic N) is 1. The smallest absolute Gasteiger partial charge is 0.338 e. The third-order valence-corrected chi connectivity index (χ3v) is 4.27. The first-order valence-corrected chi connectivity index (χ1v) is 8.79. The summed E-state index contributed by atoms with van der Waals surface area (Å²) in [6.07, 6.45) is 3.77. The van der Waals surface area contributed by atoms with E-state index < -0.39 is 5.97 Å². The molecule has 0 saturated carbocycles. The van der Waals surface area contributed by atoms with Crippen LogP contribution in [0.1, 0.15) is 15.9 Å². The molecular formula is C20H17BrN2O3. The minimum atomic E-state index is -0.540. The lowest BCUT2D eigenvalue weighted by Gasteiger charge is -2.10. The van der Waals surface area contributed by atoms with Gasteiger partial charge in [-0.1, -0.05) is 22.0 Å². The molecule has 3 aromatic rings. The van der Waals surface area contributed by atoms with E-state index in [1.807, 2.05) is 54.2 Å². The Bertz CT molecular complexity index is 936. The molecule has 1 amide bonds. The Morgan fingerprint density at radius 2 is 1.85 bits per heavy atom. The number of halogens is 1. The van der Waals surface area contributed by atoms with Crippen molar-refractivity contribution in [1.29, 1.82) is 0 Å². The Labute approximate surface area is 159 Å². The molecular weight excluding hydrogens is 396 g/mol. The molecule has 1 aromatic heterocycles. The third-order valence-electron chi connectivity index (χ3n) is 3.78. The molecule has 0 fully saturated rings. The topological polar surface area (TPSA) is 60.3 Å². The predicted molar refractivity (Wildman–Crippen MR) is 104 cm³/mol. The fraction of sp³-hybridized carbons (Fsp3) is 0.100. The first-order chi connectivity index (χ1) is 12.5. The van der Waals surface area contributed by atoms with Gasteiger partial charge in [0.2, 0.25) is 0 Å². The number of carbonyl (C=O) groups is 2. The van der Waals surface area contributed by atoms with E-state index in [9.17, 15) is 9.59 Å². The summed E-state index contributed by atoms with van der Waals surface area (Å²) in [4.78, 5) is 24.3. The molecule has 0 unspecified atom stereocenters. The van der Waals surface area contributed by atoms with E-state index in [2.05, 4.69) is 21.2 Å². The number of rotatable bonds is 5. The maximum atomic E-state index is 12.2. The fourth-order valence-corrected chi connectivity index (χ4v) is 2.94. The molecule has 0 radical (unpaired) electrons. The van der Waals surface area contributed by atoms with Crippen LogP contribution in [0, 0.1) is 6.92 Å². The highest BCUT2D eigenvalue weighted by Gasteiger charge is 2.12. The summed E-state index contributed by atoms with van der Waals surface area (Å²) in [5.74, 6) is -0.924. The van der Waals surface area contributed by atoms with Crippen LogP contribution in [-0.4, -0.2) is 23.1 Å². The van der Waals surface area contributed by atoms with Crippen LogP contribution in [0.4, 0.5) is 5.69 Å². The van der Waals surface area contributed by atoms with Crippen LogP contribution in [0.3, 0.4) is 0 Å². The summed E-state index contributed by atoms with van der Waals surface area (Å²) < 4.78 is 7.95. The highest BCUT2D eigenvalue weighted by Crippen LogP contribution is 2.20. The quantitative estimate of drug-likeness (QED) is 0.633. The summed E-state index contributed by atoms with van der Waals surface area (Å²) in [5.41, 5.74) is 2.84. The number of hydrogen-bond acceptors (Lipinski definition) is 3. The standard InChI is InChI=1S/C20H17BrN2O3/c1-14-11-16(21)7-8-18(14)22-19(24)13-26-20(25)15-5-4-6-17(12-15)23-9-2-3-10-23/h2-12H,13H2,1H3,(H,22,24). The van der Waals surface area contributed by atoms with Crippen LogP contribution in [0.2, 0.25) is 0 Å². The van der Waals surface area contributed by atoms with Gasteiger partial charge in [-0.2, -0.15) is 0 Å². The van der Waals surface area contributed by atoms with Crippen molar-refractivity contribution in [2.24, 2.45) is 0 Å². The van der Waals surface area contributed by atoms with Gasteiger partial charge in [-0.3, -0.25) is 4.79 Å². The van der Waals surface area contributed by atoms with Crippen LogP contribution < -0.4 is 5.32 Å². The van der Waals surface area contributed by atoms with Gasteiger partial charge in [-0.05, 0) is 61.0 Å². The Balaban J connectivity index is 1.60. The van der Waals surface area contributed by atoms with Crippen molar-refractivity contribution in [1.82, 2.24) is 4.57 Å². The minimum Gasteiger partial charge on any atom is -0.452 e. The molecule has 0 aliphatic heterocycles. The van der Waals surface area contributed by atoms with E-state index in [4.69, 9.17) is 4.74 Å². The number of hydrogen-bond donors (Lipinski definition) is 1. The van der Waals surface area contributed by atoms with Crippen LogP contribution >= 0.6 is 15.9 Å². The summed E-state index contributed by atoms with van der Waals surface area (Å²) >= 11 is 3.37. The number of esters is 1. The van der Waals surface area contributed by atoms with Crippen LogP contribution in [-0.2, 0) is 9.53 Å². The normalized spacial score (nSPS) is 10.4. The maximum Gasteiger partial charge on any atom is 0.338 e. The molecule has 0 bridgehead atoms. The molecule has 2 aromatic carbocycles. The van der Waals surface area contributed by atoms with Gasteiger partial charge in [0, 0.05) is 28.2 Å². The zero-order valence-corrected chi connectivity index (χ0v) is 15.7. The molecule has 1 N–H and O–H groups in total. The van der Waals surface area contributed by atoms with Gasteiger partial charge in [-0.25, -0.2) is 4.79 Å². The minimum absolute atomic E-state index is 0.345. The van der Waals surface area contributed by atoms with Gasteiger partial charge < -0.3 is 14.6 Å². The number of amides is 1. The van der Waals surface area contributed by atoms with Gasteiger partial charge in [0.05, 0.1) is 5.56 Å². The molecule has 26 heavy (non-hydrogen) atoms. The maximum absolute atomic E-state index is 12.2. The van der Waals surface area contributed by atoms with E-state index in [0.717, 1.165) is 15.7 Å². The summed E-state index contributed by atoms with van der Waals surface area (Å²) in [6.45, 7) is 1.54. The Morgan fingerprint density at radius 1 is 1.08 bits per heavy atom. The van der Waals surface area contributed by atoms with Crippen LogP contribution in [0.5, 0.6) is 0 Å². The summed E-state index contributed by atoms with van der Waals surface area (Å²) in [5, 5.41) is 2.74. The molecule has 132 valence electrons. The third kappa shape index (κ3) is 4.40. The second kappa shape index (κ2) is 8.01. The number of benzene rings is 2. The zero-order chi connectivity index (χ0) is 18.5. The number of aromatic nitrogens is 1. The van der Waals surface area contributed by atoms with Crippen molar-refractivity contribution in [2.75, 3.05) is 11.9 Å². The molecule has 0 saturated heterocycles. The summed E-state index contributed by atoms with van der Waals surface area (Å²) in [7, 11) is 0. The highest BCUT2D eigenvalue weighted by molar-refractivity contribution is 9.10. The Morgan fingerprint density at radius 3 is 2.58 bits per heavy atom. The molecule has 0 atom stereocenters. The van der Waals surface area contributed by atoms with Gasteiger partial charge in [0.25, 0.3) is 5.91 Å². The molecule has 0 spiro atoms. The van der Waals surface area contributed by atoms with Crippen LogP contribution in [0.15, 0.2) is 71.5 Å². The van der Waals surface area contributed by atoms with Gasteiger partial charge in [-0.15, -0.1) is 0 Å². The lowest BCUT2D eigenvalue weighted by molar-refractivity contribution is -0.119. The lowest BCUT2D eigenvalue weighted by Crippen LogP contribution is -2.21. The fourth-order valence-electron chi connectivity index (χ4n) is 2.47. The van der Waals surface area contributed by atoms with Crippen molar-refractivity contribution in [2.45, 2.75) is 6.92 Å². The highest BCUT2D eigenvalue weighted by atomic mass is 79.9. The summed E-state index contributed by atoms with van der Waals surface area (Å²) in [6, 6.07) is 16.4. The second-order valence-electron chi connectivity index (χ2n) is 5.72. The van der Waals surface area contributed by atoms with E-state index in [1.165, 1.54) is 0 Å². The first kappa shape index (κ1) is 17.9. The van der Waals surface area contributed by atoms with Crippen molar-refractivity contribution in [3.8, 4) is 5.69 Å². The lowest BCUT2D eigenvalue weighted by atomic mass is 10.2. The second-order valence-corrected chi connectivity index (χ2v) is 6.64. The molecule has 5 nitrogen and oxygen atoms in total. The van der Waals surface area contributed by atoms with E-state index >= 15 is 0 Å². The predicted octanol–water partition coefficient (Wildman–Crippen LogP) is 4.34. The van der Waals surface area contributed by atoms with Gasteiger partial charge >= 0.3 is 5.97 Å². The Kier molecular flexibility index (Phi) is 5.53. The van der Waals surface area contributed by atoms with Crippen molar-refractivity contribution in [3.05, 3.63) is 82.6 Å². The van der Waals surface area contributed by atoms with E-state index in [1.54, 1.807) is 24.3 Å². The molecule has 6 heteroatoms. The molecule has 0 aliphatic rings. The SMILES string of the molecule is Cc1cc(Br)ccc1NC(=O)COC(=O)c1cccc(-n2cccc2)c1. The monoisotopic (exact) mass is 412 g/mol. The number of ether oxygens (including phenoxy) is 1. The largest absolute Gasteiger partial charge is 0.452 e. The molecule has 3 rings (SSSR count). The molecule has 0 aliphatic carbocycles. The average molecular weight is 413 g/mol.